The molecule has 0 saturated carbocycles. The molecule has 0 radical (unpaired) electrons. The van der Waals surface area contributed by atoms with Gasteiger partial charge in [-0.1, -0.05) is 26.6 Å². The zero-order valence-electron chi connectivity index (χ0n) is 6.12. The van der Waals surface area contributed by atoms with Gasteiger partial charge in [0.25, 0.3) is 0 Å². The molecule has 1 unspecified atom stereocenters. The lowest BCUT2D eigenvalue weighted by molar-refractivity contribution is 0.794. The van der Waals surface area contributed by atoms with Crippen LogP contribution < -0.4 is 0 Å². The molecule has 0 fully saturated rings. The second-order valence-corrected chi connectivity index (χ2v) is 6.60. The van der Waals surface area contributed by atoms with E-state index in [9.17, 15) is 0 Å². The largest absolute Gasteiger partial charge is 0.286 e. The summed E-state index contributed by atoms with van der Waals surface area (Å²) in [5.41, 5.74) is 0. The highest BCUT2D eigenvalue weighted by atomic mass is 32.2. The Morgan fingerprint density at radius 1 is 1.38 bits per heavy atom. The molecule has 1 N–H and O–H groups in total. The zero-order valence-corrected chi connectivity index (χ0v) is 6.93. The van der Waals surface area contributed by atoms with Crippen LogP contribution in [0.25, 0.3) is 0 Å². The Morgan fingerprint density at radius 2 is 1.50 bits per heavy atom. The number of hydrogen-bond donors (Lipinski definition) is 1. The van der Waals surface area contributed by atoms with Crippen molar-refractivity contribution >= 4 is 15.3 Å². The van der Waals surface area contributed by atoms with Crippen molar-refractivity contribution < 1.29 is 0 Å². The van der Waals surface area contributed by atoms with Gasteiger partial charge in [0.2, 0.25) is 0 Å². The molecule has 1 nitrogen and oxygen atoms in total. The molecule has 0 rings (SSSR count). The number of rotatable bonds is 0. The van der Waals surface area contributed by atoms with E-state index in [0.29, 0.717) is 0 Å². The van der Waals surface area contributed by atoms with Crippen LogP contribution in [0, 0.1) is 4.78 Å². The lowest BCUT2D eigenvalue weighted by Crippen LogP contribution is -2.24. The van der Waals surface area contributed by atoms with E-state index in [0.717, 1.165) is 0 Å². The molecule has 0 bridgehead atoms. The van der Waals surface area contributed by atoms with Crippen molar-refractivity contribution in [3.8, 4) is 0 Å². The smallest absolute Gasteiger partial charge is 0.0118 e. The van der Waals surface area contributed by atoms with Crippen molar-refractivity contribution in [1.82, 2.24) is 0 Å². The SMILES string of the molecule is C=S(C)(=N)C(C)(C)C. The molecule has 0 aromatic heterocycles. The van der Waals surface area contributed by atoms with Gasteiger partial charge in [0.05, 0.1) is 0 Å². The van der Waals surface area contributed by atoms with Crippen LogP contribution in [0.5, 0.6) is 0 Å². The summed E-state index contributed by atoms with van der Waals surface area (Å²) in [6.07, 6.45) is 1.91. The highest BCUT2D eigenvalue weighted by Gasteiger charge is 2.13. The molecule has 0 heterocycles. The summed E-state index contributed by atoms with van der Waals surface area (Å²) in [5, 5.41) is 0. The molecular formula is C6H15NS. The maximum absolute atomic E-state index is 7.56. The van der Waals surface area contributed by atoms with Crippen molar-refractivity contribution in [2.45, 2.75) is 25.5 Å². The van der Waals surface area contributed by atoms with Gasteiger partial charge in [-0.25, -0.2) is 0 Å². The van der Waals surface area contributed by atoms with Gasteiger partial charge in [0, 0.05) is 4.75 Å². The van der Waals surface area contributed by atoms with Gasteiger partial charge in [-0.2, -0.15) is 0 Å². The Bertz CT molecular complexity index is 157. The Hall–Kier alpha value is 0.0200. The van der Waals surface area contributed by atoms with Crippen molar-refractivity contribution in [3.05, 3.63) is 0 Å². The van der Waals surface area contributed by atoms with Gasteiger partial charge < -0.3 is 0 Å². The summed E-state index contributed by atoms with van der Waals surface area (Å²) in [5.74, 6) is 3.79. The third kappa shape index (κ3) is 1.86. The molecule has 0 aliphatic rings. The predicted octanol–water partition coefficient (Wildman–Crippen LogP) is 1.76. The summed E-state index contributed by atoms with van der Waals surface area (Å²) < 4.78 is 7.63. The van der Waals surface area contributed by atoms with Crippen LogP contribution in [0.15, 0.2) is 0 Å². The predicted molar refractivity (Wildman–Crippen MR) is 42.9 cm³/mol. The minimum atomic E-state index is -1.34. The molecule has 0 aliphatic heterocycles. The van der Waals surface area contributed by atoms with Crippen molar-refractivity contribution in [2.75, 3.05) is 6.26 Å². The summed E-state index contributed by atoms with van der Waals surface area (Å²) in [6, 6.07) is 0. The fourth-order valence-electron chi connectivity index (χ4n) is 0. The van der Waals surface area contributed by atoms with E-state index in [1.165, 1.54) is 0 Å². The standard InChI is InChI=1S/C6H15NS/c1-6(2,3)8(4,5)7/h7H,4H2,1-3,5H3. The van der Waals surface area contributed by atoms with E-state index in [1.807, 2.05) is 6.26 Å². The van der Waals surface area contributed by atoms with Gasteiger partial charge in [-0.05, 0) is 6.26 Å². The Kier molecular flexibility index (Phi) is 1.77. The normalized spacial score (nSPS) is 20.0. The van der Waals surface area contributed by atoms with Crippen LogP contribution in [0.4, 0.5) is 0 Å². The molecule has 0 amide bonds. The van der Waals surface area contributed by atoms with E-state index >= 15 is 0 Å². The third-order valence-electron chi connectivity index (χ3n) is 1.35. The minimum absolute atomic E-state index is 0.0764. The maximum Gasteiger partial charge on any atom is 0.0118 e. The Balaban J connectivity index is 4.53. The lowest BCUT2D eigenvalue weighted by atomic mass is 10.3. The molecule has 8 heavy (non-hydrogen) atoms. The van der Waals surface area contributed by atoms with Gasteiger partial charge in [-0.15, -0.1) is 9.41 Å². The fraction of sp³-hybridized carbons (Fsp3) is 0.833. The average Bonchev–Trinajstić information content (AvgIpc) is 1.25. The first-order valence-corrected chi connectivity index (χ1v) is 4.82. The second-order valence-electron chi connectivity index (χ2n) is 3.20. The molecule has 0 aromatic carbocycles. The van der Waals surface area contributed by atoms with Crippen molar-refractivity contribution in [2.24, 2.45) is 0 Å². The highest BCUT2D eigenvalue weighted by molar-refractivity contribution is 8.01. The van der Waals surface area contributed by atoms with E-state index in [-0.39, 0.29) is 4.75 Å². The summed E-state index contributed by atoms with van der Waals surface area (Å²) in [4.78, 5) is 0. The van der Waals surface area contributed by atoms with Crippen molar-refractivity contribution in [1.29, 1.82) is 4.78 Å². The summed E-state index contributed by atoms with van der Waals surface area (Å²) >= 11 is 0. The van der Waals surface area contributed by atoms with E-state index in [2.05, 4.69) is 26.6 Å². The molecule has 0 saturated heterocycles. The highest BCUT2D eigenvalue weighted by Crippen LogP contribution is 2.12. The van der Waals surface area contributed by atoms with Gasteiger partial charge in [-0.3, -0.25) is 4.78 Å². The minimum Gasteiger partial charge on any atom is -0.286 e. The van der Waals surface area contributed by atoms with Crippen LogP contribution in [0.1, 0.15) is 20.8 Å². The molecule has 1 atom stereocenters. The maximum atomic E-state index is 7.56. The van der Waals surface area contributed by atoms with E-state index < -0.39 is 9.41 Å². The van der Waals surface area contributed by atoms with Crippen LogP contribution in [-0.2, 0) is 9.41 Å². The Morgan fingerprint density at radius 3 is 1.50 bits per heavy atom. The lowest BCUT2D eigenvalue weighted by Gasteiger charge is -2.23. The van der Waals surface area contributed by atoms with Crippen LogP contribution in [0.2, 0.25) is 0 Å². The van der Waals surface area contributed by atoms with Crippen LogP contribution in [0.3, 0.4) is 0 Å². The van der Waals surface area contributed by atoms with Crippen LogP contribution in [-0.4, -0.2) is 16.9 Å². The van der Waals surface area contributed by atoms with Gasteiger partial charge >= 0.3 is 0 Å². The van der Waals surface area contributed by atoms with E-state index in [4.69, 9.17) is 4.78 Å². The number of hydrogen-bond acceptors (Lipinski definition) is 1. The van der Waals surface area contributed by atoms with Crippen molar-refractivity contribution in [3.63, 3.8) is 0 Å². The quantitative estimate of drug-likeness (QED) is 0.487. The summed E-state index contributed by atoms with van der Waals surface area (Å²) in [6.45, 7) is 6.17. The Labute approximate surface area is 52.6 Å². The molecule has 2 heteroatoms. The van der Waals surface area contributed by atoms with Gasteiger partial charge in [0.1, 0.15) is 0 Å². The average molecular weight is 133 g/mol. The first kappa shape index (κ1) is 8.02. The van der Waals surface area contributed by atoms with Crippen LogP contribution >= 0.6 is 0 Å². The topological polar surface area (TPSA) is 23.9 Å². The molecule has 0 aromatic rings. The molecule has 0 spiro atoms. The molecule has 50 valence electrons. The second kappa shape index (κ2) is 1.76. The first-order chi connectivity index (χ1) is 3.25. The zero-order chi connectivity index (χ0) is 7.00. The summed E-state index contributed by atoms with van der Waals surface area (Å²) in [7, 11) is -1.34. The monoisotopic (exact) mass is 133 g/mol. The first-order valence-electron chi connectivity index (χ1n) is 2.61. The molecule has 0 aliphatic carbocycles. The number of nitrogens with one attached hydrogen (secondary N) is 1. The third-order valence-corrected chi connectivity index (χ3v) is 4.05. The van der Waals surface area contributed by atoms with E-state index in [1.54, 1.807) is 0 Å². The fourth-order valence-corrected chi connectivity index (χ4v) is 0. The molecular weight excluding hydrogens is 118 g/mol. The van der Waals surface area contributed by atoms with Gasteiger partial charge in [0.15, 0.2) is 0 Å².